The molecule has 0 heterocycles. The van der Waals surface area contributed by atoms with Gasteiger partial charge in [-0.1, -0.05) is 12.1 Å². The first kappa shape index (κ1) is 17.6. The Morgan fingerprint density at radius 1 is 1.04 bits per heavy atom. The smallest absolute Gasteiger partial charge is 0.338 e. The fourth-order valence-corrected chi connectivity index (χ4v) is 1.77. The van der Waals surface area contributed by atoms with Crippen LogP contribution in [0.3, 0.4) is 0 Å². The maximum Gasteiger partial charge on any atom is 0.338 e. The predicted molar refractivity (Wildman–Crippen MR) is 83.4 cm³/mol. The van der Waals surface area contributed by atoms with Crippen LogP contribution in [0.1, 0.15) is 26.3 Å². The lowest BCUT2D eigenvalue weighted by Crippen LogP contribution is -2.43. The van der Waals surface area contributed by atoms with Crippen LogP contribution in [0.4, 0.5) is 4.39 Å². The van der Waals surface area contributed by atoms with Gasteiger partial charge in [-0.25, -0.2) is 9.18 Å². The molecule has 0 radical (unpaired) electrons. The highest BCUT2D eigenvalue weighted by atomic mass is 19.1. The molecule has 0 aliphatic heterocycles. The molecule has 7 nitrogen and oxygen atoms in total. The van der Waals surface area contributed by atoms with Crippen molar-refractivity contribution in [2.45, 2.75) is 0 Å². The first-order chi connectivity index (χ1) is 12.0. The van der Waals surface area contributed by atoms with E-state index in [0.29, 0.717) is 5.56 Å². The van der Waals surface area contributed by atoms with E-state index in [9.17, 15) is 18.8 Å². The summed E-state index contributed by atoms with van der Waals surface area (Å²) in [4.78, 5) is 35.0. The highest BCUT2D eigenvalue weighted by molar-refractivity contribution is 5.96. The Morgan fingerprint density at radius 3 is 2.36 bits per heavy atom. The number of nitrogens with one attached hydrogen (secondary N) is 2. The standard InChI is InChI=1S/C17H12FN3O4/c18-14-4-2-1-3-13(14)16(23)21-20-15(22)10-25-17(24)12-7-5-11(9-19)6-8-12/h1-8H,10H2,(H,20,22)(H,21,23). The maximum atomic E-state index is 13.4. The van der Waals surface area contributed by atoms with Gasteiger partial charge in [0.25, 0.3) is 11.8 Å². The van der Waals surface area contributed by atoms with Gasteiger partial charge in [-0.2, -0.15) is 5.26 Å². The number of hydrazine groups is 1. The predicted octanol–water partition coefficient (Wildman–Crippen LogP) is 1.32. The van der Waals surface area contributed by atoms with Gasteiger partial charge in [-0.3, -0.25) is 20.4 Å². The Kier molecular flexibility index (Phi) is 5.79. The average Bonchev–Trinajstić information content (AvgIpc) is 2.64. The topological polar surface area (TPSA) is 108 Å². The van der Waals surface area contributed by atoms with E-state index in [1.54, 1.807) is 0 Å². The van der Waals surface area contributed by atoms with Gasteiger partial charge < -0.3 is 4.74 Å². The van der Waals surface area contributed by atoms with Crippen LogP contribution in [0.5, 0.6) is 0 Å². The lowest BCUT2D eigenvalue weighted by atomic mass is 10.1. The summed E-state index contributed by atoms with van der Waals surface area (Å²) in [6, 6.07) is 12.8. The summed E-state index contributed by atoms with van der Waals surface area (Å²) < 4.78 is 18.2. The summed E-state index contributed by atoms with van der Waals surface area (Å²) in [5.74, 6) is -3.14. The molecule has 0 unspecified atom stereocenters. The van der Waals surface area contributed by atoms with Gasteiger partial charge in [0, 0.05) is 0 Å². The van der Waals surface area contributed by atoms with Crippen LogP contribution in [0.15, 0.2) is 48.5 Å². The second-order valence-electron chi connectivity index (χ2n) is 4.75. The lowest BCUT2D eigenvalue weighted by molar-refractivity contribution is -0.125. The first-order valence-electron chi connectivity index (χ1n) is 7.02. The zero-order valence-electron chi connectivity index (χ0n) is 12.8. The van der Waals surface area contributed by atoms with E-state index >= 15 is 0 Å². The molecular formula is C17H12FN3O4. The summed E-state index contributed by atoms with van der Waals surface area (Å²) in [5, 5.41) is 8.67. The zero-order valence-corrected chi connectivity index (χ0v) is 12.8. The number of hydrogen-bond donors (Lipinski definition) is 2. The van der Waals surface area contributed by atoms with Crippen molar-refractivity contribution in [3.8, 4) is 6.07 Å². The van der Waals surface area contributed by atoms with Crippen molar-refractivity contribution in [1.82, 2.24) is 10.9 Å². The molecule has 0 saturated heterocycles. The van der Waals surface area contributed by atoms with Crippen molar-refractivity contribution < 1.29 is 23.5 Å². The highest BCUT2D eigenvalue weighted by Gasteiger charge is 2.13. The molecule has 0 fully saturated rings. The Bertz CT molecular complexity index is 844. The van der Waals surface area contributed by atoms with Gasteiger partial charge in [-0.05, 0) is 36.4 Å². The van der Waals surface area contributed by atoms with Crippen molar-refractivity contribution in [3.05, 3.63) is 71.0 Å². The normalized spacial score (nSPS) is 9.60. The number of carbonyl (C=O) groups excluding carboxylic acids is 3. The molecular weight excluding hydrogens is 329 g/mol. The monoisotopic (exact) mass is 341 g/mol. The lowest BCUT2D eigenvalue weighted by Gasteiger charge is -2.08. The molecule has 0 aliphatic rings. The minimum absolute atomic E-state index is 0.169. The largest absolute Gasteiger partial charge is 0.452 e. The van der Waals surface area contributed by atoms with Gasteiger partial charge in [0.1, 0.15) is 5.82 Å². The van der Waals surface area contributed by atoms with Crippen molar-refractivity contribution in [2.24, 2.45) is 0 Å². The average molecular weight is 341 g/mol. The quantitative estimate of drug-likeness (QED) is 0.644. The number of ether oxygens (including phenoxy) is 1. The SMILES string of the molecule is N#Cc1ccc(C(=O)OCC(=O)NNC(=O)c2ccccc2F)cc1. The Morgan fingerprint density at radius 2 is 1.72 bits per heavy atom. The van der Waals surface area contributed by atoms with Crippen LogP contribution in [0.25, 0.3) is 0 Å². The third-order valence-corrected chi connectivity index (χ3v) is 3.02. The molecule has 0 aliphatic carbocycles. The second kappa shape index (κ2) is 8.21. The molecule has 126 valence electrons. The molecule has 0 aromatic heterocycles. The van der Waals surface area contributed by atoms with Crippen molar-refractivity contribution >= 4 is 17.8 Å². The fraction of sp³-hybridized carbons (Fsp3) is 0.0588. The molecule has 0 atom stereocenters. The Hall–Kier alpha value is -3.73. The van der Waals surface area contributed by atoms with Crippen LogP contribution in [-0.4, -0.2) is 24.4 Å². The van der Waals surface area contributed by atoms with Gasteiger partial charge in [0.15, 0.2) is 6.61 Å². The number of esters is 1. The molecule has 0 saturated carbocycles. The molecule has 2 N–H and O–H groups in total. The molecule has 0 spiro atoms. The van der Waals surface area contributed by atoms with Crippen LogP contribution in [0.2, 0.25) is 0 Å². The van der Waals surface area contributed by atoms with E-state index in [-0.39, 0.29) is 11.1 Å². The van der Waals surface area contributed by atoms with E-state index in [0.717, 1.165) is 6.07 Å². The van der Waals surface area contributed by atoms with Gasteiger partial charge in [0.05, 0.1) is 22.8 Å². The van der Waals surface area contributed by atoms with Gasteiger partial charge >= 0.3 is 5.97 Å². The van der Waals surface area contributed by atoms with Gasteiger partial charge in [-0.15, -0.1) is 0 Å². The molecule has 0 bridgehead atoms. The number of nitrogens with zero attached hydrogens (tertiary/aromatic N) is 1. The maximum absolute atomic E-state index is 13.4. The minimum Gasteiger partial charge on any atom is -0.452 e. The van der Waals surface area contributed by atoms with E-state index in [4.69, 9.17) is 10.00 Å². The summed E-state index contributed by atoms with van der Waals surface area (Å²) in [6.07, 6.45) is 0. The van der Waals surface area contributed by atoms with E-state index < -0.39 is 30.2 Å². The van der Waals surface area contributed by atoms with Crippen LogP contribution in [-0.2, 0) is 9.53 Å². The summed E-state index contributed by atoms with van der Waals surface area (Å²) in [5.41, 5.74) is 4.33. The van der Waals surface area contributed by atoms with E-state index in [1.807, 2.05) is 16.9 Å². The second-order valence-corrected chi connectivity index (χ2v) is 4.75. The summed E-state index contributed by atoms with van der Waals surface area (Å²) >= 11 is 0. The zero-order chi connectivity index (χ0) is 18.2. The van der Waals surface area contributed by atoms with Crippen LogP contribution < -0.4 is 10.9 Å². The Labute approximate surface area is 142 Å². The molecule has 2 aromatic rings. The molecule has 2 aromatic carbocycles. The third-order valence-electron chi connectivity index (χ3n) is 3.02. The molecule has 2 rings (SSSR count). The van der Waals surface area contributed by atoms with E-state index in [2.05, 4.69) is 0 Å². The molecule has 8 heteroatoms. The highest BCUT2D eigenvalue weighted by Crippen LogP contribution is 2.06. The number of nitriles is 1. The van der Waals surface area contributed by atoms with Gasteiger partial charge in [0.2, 0.25) is 0 Å². The Balaban J connectivity index is 1.80. The van der Waals surface area contributed by atoms with Crippen molar-refractivity contribution in [3.63, 3.8) is 0 Å². The fourth-order valence-electron chi connectivity index (χ4n) is 1.77. The number of amides is 2. The summed E-state index contributed by atoms with van der Waals surface area (Å²) in [7, 11) is 0. The molecule has 2 amide bonds. The molecule has 25 heavy (non-hydrogen) atoms. The summed E-state index contributed by atoms with van der Waals surface area (Å²) in [6.45, 7) is -0.642. The van der Waals surface area contributed by atoms with Crippen LogP contribution >= 0.6 is 0 Å². The number of carbonyl (C=O) groups is 3. The van der Waals surface area contributed by atoms with Crippen molar-refractivity contribution in [1.29, 1.82) is 5.26 Å². The number of halogens is 1. The number of rotatable bonds is 4. The third kappa shape index (κ3) is 4.87. The first-order valence-corrected chi connectivity index (χ1v) is 7.02. The number of benzene rings is 2. The van der Waals surface area contributed by atoms with E-state index in [1.165, 1.54) is 42.5 Å². The van der Waals surface area contributed by atoms with Crippen LogP contribution in [0, 0.1) is 17.1 Å². The number of hydrogen-bond acceptors (Lipinski definition) is 5. The minimum atomic E-state index is -0.843. The van der Waals surface area contributed by atoms with Crippen molar-refractivity contribution in [2.75, 3.05) is 6.61 Å².